The van der Waals surface area contributed by atoms with Crippen LogP contribution in [0.1, 0.15) is 97.0 Å². The summed E-state index contributed by atoms with van der Waals surface area (Å²) < 4.78 is 23.4. The van der Waals surface area contributed by atoms with E-state index < -0.39 is 37.2 Å². The molecule has 4 aromatic carbocycles. The maximum Gasteiger partial charge on any atom is 0.406 e. The Balaban J connectivity index is 0.000000206. The molecule has 8 heterocycles. The number of esters is 1. The number of amides is 5. The van der Waals surface area contributed by atoms with Crippen molar-refractivity contribution >= 4 is 126 Å². The normalized spacial score (nSPS) is 11.7. The van der Waals surface area contributed by atoms with Gasteiger partial charge < -0.3 is 80.7 Å². The number of nitro groups is 4. The third-order valence-electron chi connectivity index (χ3n) is 17.6. The maximum absolute atomic E-state index is 12.4. The van der Waals surface area contributed by atoms with Crippen LogP contribution in [0.4, 0.5) is 23.3 Å². The summed E-state index contributed by atoms with van der Waals surface area (Å²) in [4.78, 5) is 155. The van der Waals surface area contributed by atoms with Gasteiger partial charge in [-0.05, 0) is 227 Å². The first-order valence-corrected chi connectivity index (χ1v) is 39.8. The molecule has 0 saturated heterocycles. The molecule has 0 radical (unpaired) electrons. The number of rotatable bonds is 35. The van der Waals surface area contributed by atoms with Crippen molar-refractivity contribution < 1.29 is 77.6 Å². The Kier molecular flexibility index (Phi) is 39.2. The molecule has 121 heavy (non-hydrogen) atoms. The molecule has 0 aliphatic carbocycles. The summed E-state index contributed by atoms with van der Waals surface area (Å²) in [5, 5.41) is 63.2. The summed E-state index contributed by atoms with van der Waals surface area (Å²) >= 11 is 4.41. The lowest BCUT2D eigenvalue weighted by molar-refractivity contribution is -0.390. The number of benzene rings is 4. The first-order valence-electron chi connectivity index (χ1n) is 37.7. The molecule has 12 rings (SSSR count). The molecule has 2 aliphatic heterocycles. The van der Waals surface area contributed by atoms with Crippen molar-refractivity contribution in [2.45, 2.75) is 34.6 Å². The maximum atomic E-state index is 12.4. The Hall–Kier alpha value is -12.6. The van der Waals surface area contributed by atoms with E-state index in [1.54, 1.807) is 73.7 Å². The second-order valence-corrected chi connectivity index (χ2v) is 27.7. The zero-order valence-electron chi connectivity index (χ0n) is 66.4. The van der Waals surface area contributed by atoms with Crippen molar-refractivity contribution in [3.8, 4) is 23.0 Å². The summed E-state index contributed by atoms with van der Waals surface area (Å²) in [5.74, 6) is -3.09. The summed E-state index contributed by atoms with van der Waals surface area (Å²) in [6, 6.07) is 37.0. The molecule has 5 amide bonds. The number of nitrogens with two attached hydrogens (primary N) is 1. The Bertz CT molecular complexity index is 5150. The first-order chi connectivity index (χ1) is 58.3. The fourth-order valence-electron chi connectivity index (χ4n) is 11.2. The lowest BCUT2D eigenvalue weighted by Gasteiger charge is -2.23. The molecule has 0 atom stereocenters. The SMILES string of the molecule is CCN(CCNC(=O)c1cnc2cc(I)ccc2n1)CCOc1cccnc1[N+](=O)[O-].CCN(CCO)CCN1C(=O)c2ccccc2C1=O.CCN(CCOc1cccnc1[N+](=O)[O-])CCN1C(=O)c2ccccc2C1=O.CCN(CN)CCOc1cccnc1[N+](=O)[O-].CCOC(=O)c1cnc2cc(I)ccc2n1.O=[N+]([O-])c1ncccc1O. The van der Waals surface area contributed by atoms with E-state index in [0.29, 0.717) is 119 Å². The monoisotopic (exact) mass is 1890 g/mol. The Labute approximate surface area is 720 Å². The standard InChI is InChI=1S/C20H21IN6O4.C19H20N4O5.C14H18N2O3.C11H9IN2O2.C10H16N4O3.C5H4N2O3/c1-2-26(10-11-31-18-4-3-7-22-19(18)27(29)30)9-8-23-20(28)17-13-24-16-12-14(21)5-6-15(16)25-17;1-2-21(12-13-28-16-8-5-9-20-17(16)23(26)27)10-11-22-18(24)14-6-3-4-7-15(14)19(22)25;1-2-15(9-10-17)7-8-16-13(18)11-5-3-4-6-12(11)14(16)19;1-2-16-11(15)10-6-13-9-5-7(12)3-4-8(9)14-10;1-2-13(8-11)6-7-17-9-4-3-5-12-10(9)14(15)16;8-4-2-1-3-6-5(4)7(9)10/h3-7,12-13H,2,8-11H2,1H3,(H,23,28);3-9H,2,10-13H2,1H3;3-6,17H,2,7-10H2,1H3;3-6H,2H2,1H3;3-5H,2,6-8,11H2,1H3;1-3,8H. The number of nitrogens with one attached hydrogen (secondary N) is 1. The van der Waals surface area contributed by atoms with Gasteiger partial charge in [0.05, 0.1) is 69.9 Å². The van der Waals surface area contributed by atoms with E-state index in [1.165, 1.54) is 77.3 Å². The van der Waals surface area contributed by atoms with Gasteiger partial charge in [-0.3, -0.25) is 63.3 Å². The topological polar surface area (TPSA) is 513 Å². The molecule has 0 spiro atoms. The van der Waals surface area contributed by atoms with E-state index in [0.717, 1.165) is 37.8 Å². The van der Waals surface area contributed by atoms with Crippen LogP contribution in [0.3, 0.4) is 0 Å². The van der Waals surface area contributed by atoms with Crippen LogP contribution in [0.25, 0.3) is 22.1 Å². The molecule has 5 N–H and O–H groups in total. The number of aromatic nitrogens is 8. The van der Waals surface area contributed by atoms with Gasteiger partial charge in [0, 0.05) is 79.3 Å². The first kappa shape index (κ1) is 95.5. The van der Waals surface area contributed by atoms with E-state index in [9.17, 15) is 69.2 Å². The molecule has 0 unspecified atom stereocenters. The molecule has 10 aromatic rings. The lowest BCUT2D eigenvalue weighted by atomic mass is 10.1. The third kappa shape index (κ3) is 28.8. The summed E-state index contributed by atoms with van der Waals surface area (Å²) in [5.41, 5.74) is 10.7. The van der Waals surface area contributed by atoms with Gasteiger partial charge in [0.1, 0.15) is 50.3 Å². The number of pyridine rings is 4. The number of aliphatic hydroxyl groups excluding tert-OH is 1. The van der Waals surface area contributed by atoms with E-state index in [2.05, 4.69) is 95.3 Å². The number of ether oxygens (including phenoxy) is 4. The van der Waals surface area contributed by atoms with Gasteiger partial charge in [-0.1, -0.05) is 52.0 Å². The summed E-state index contributed by atoms with van der Waals surface area (Å²) in [7, 11) is 0. The zero-order chi connectivity index (χ0) is 87.9. The highest BCUT2D eigenvalue weighted by Gasteiger charge is 2.36. The van der Waals surface area contributed by atoms with Crippen LogP contribution >= 0.6 is 45.2 Å². The largest absolute Gasteiger partial charge is 0.501 e. The smallest absolute Gasteiger partial charge is 0.406 e. The van der Waals surface area contributed by atoms with Gasteiger partial charge in [-0.2, -0.15) is 0 Å². The number of hydrogen-bond acceptors (Lipinski definition) is 33. The highest BCUT2D eigenvalue weighted by Crippen LogP contribution is 2.28. The molecular formula is C79H88I2N20O20. The minimum atomic E-state index is -0.741. The fourth-order valence-corrected chi connectivity index (χ4v) is 12.2. The summed E-state index contributed by atoms with van der Waals surface area (Å²) in [6.07, 6.45) is 8.22. The van der Waals surface area contributed by atoms with Crippen LogP contribution in [0.2, 0.25) is 0 Å². The van der Waals surface area contributed by atoms with Crippen molar-refractivity contribution in [2.24, 2.45) is 5.73 Å². The molecule has 2 aliphatic rings. The zero-order valence-corrected chi connectivity index (χ0v) is 70.7. The van der Waals surface area contributed by atoms with Crippen LogP contribution < -0.4 is 25.3 Å². The molecule has 0 saturated carbocycles. The van der Waals surface area contributed by atoms with Crippen molar-refractivity contribution in [3.05, 3.63) is 252 Å². The Morgan fingerprint density at radius 3 is 1.19 bits per heavy atom. The minimum absolute atomic E-state index is 0.0793. The Morgan fingerprint density at radius 1 is 0.463 bits per heavy atom. The fraction of sp³-hybridized carbons (Fsp3) is 0.316. The van der Waals surface area contributed by atoms with Crippen LogP contribution in [-0.4, -0.2) is 266 Å². The van der Waals surface area contributed by atoms with Gasteiger partial charge in [0.2, 0.25) is 23.0 Å². The van der Waals surface area contributed by atoms with E-state index in [1.807, 2.05) is 78.8 Å². The predicted molar refractivity (Wildman–Crippen MR) is 458 cm³/mol. The van der Waals surface area contributed by atoms with Crippen LogP contribution in [0.15, 0.2) is 171 Å². The minimum Gasteiger partial charge on any atom is -0.501 e. The van der Waals surface area contributed by atoms with Crippen molar-refractivity contribution in [1.82, 2.24) is 74.6 Å². The van der Waals surface area contributed by atoms with Crippen LogP contribution in [0.5, 0.6) is 23.0 Å². The number of nitrogens with zero attached hydrogens (tertiary/aromatic N) is 18. The molecule has 42 heteroatoms. The van der Waals surface area contributed by atoms with E-state index >= 15 is 0 Å². The van der Waals surface area contributed by atoms with E-state index in [4.69, 9.17) is 34.9 Å². The van der Waals surface area contributed by atoms with Gasteiger partial charge >= 0.3 is 29.2 Å². The highest BCUT2D eigenvalue weighted by atomic mass is 127. The predicted octanol–water partition coefficient (Wildman–Crippen LogP) is 8.97. The highest BCUT2D eigenvalue weighted by molar-refractivity contribution is 14.1. The number of aromatic hydroxyl groups is 1. The number of fused-ring (bicyclic) bond motifs is 4. The molecule has 6 aromatic heterocycles. The average molecular weight is 1890 g/mol. The lowest BCUT2D eigenvalue weighted by Crippen LogP contribution is -2.39. The van der Waals surface area contributed by atoms with Gasteiger partial charge in [-0.25, -0.2) is 14.8 Å². The van der Waals surface area contributed by atoms with Gasteiger partial charge in [0.15, 0.2) is 5.69 Å². The molecule has 0 fully saturated rings. The number of hydrogen-bond donors (Lipinski definition) is 4. The van der Waals surface area contributed by atoms with Crippen molar-refractivity contribution in [2.75, 3.05) is 131 Å². The molecule has 638 valence electrons. The van der Waals surface area contributed by atoms with Crippen LogP contribution in [0, 0.1) is 47.6 Å². The number of halogens is 2. The Morgan fingerprint density at radius 2 is 0.826 bits per heavy atom. The molecule has 0 bridgehead atoms. The average Bonchev–Trinajstić information content (AvgIpc) is 1.52. The van der Waals surface area contributed by atoms with Crippen molar-refractivity contribution in [3.63, 3.8) is 0 Å². The quantitative estimate of drug-likeness (QED) is 0.00718. The van der Waals surface area contributed by atoms with Crippen molar-refractivity contribution in [1.29, 1.82) is 0 Å². The molecule has 40 nitrogen and oxygen atoms in total. The second-order valence-electron chi connectivity index (χ2n) is 25.2. The number of aliphatic hydroxyl groups is 1. The number of likely N-dealkylation sites (N-methyl/N-ethyl adjacent to an activating group) is 4. The number of carbonyl (C=O) groups is 6. The number of imide groups is 2. The second kappa shape index (κ2) is 49.7. The van der Waals surface area contributed by atoms with Gasteiger partial charge in [-0.15, -0.1) is 0 Å². The summed E-state index contributed by atoms with van der Waals surface area (Å²) in [6.45, 7) is 19.3. The molecular weight excluding hydrogens is 1800 g/mol. The van der Waals surface area contributed by atoms with Gasteiger partial charge in [0.25, 0.3) is 29.5 Å². The third-order valence-corrected chi connectivity index (χ3v) is 19.0. The number of carbonyl (C=O) groups excluding carboxylic acids is 6. The van der Waals surface area contributed by atoms with E-state index in [-0.39, 0.29) is 102 Å². The van der Waals surface area contributed by atoms with Crippen LogP contribution in [-0.2, 0) is 4.74 Å².